The van der Waals surface area contributed by atoms with Gasteiger partial charge >= 0.3 is 18.0 Å². The van der Waals surface area contributed by atoms with E-state index in [1.165, 1.54) is 62.5 Å². The summed E-state index contributed by atoms with van der Waals surface area (Å²) in [5.41, 5.74) is 21.6. The summed E-state index contributed by atoms with van der Waals surface area (Å²) < 4.78 is 33.5. The Labute approximate surface area is 444 Å². The van der Waals surface area contributed by atoms with Crippen molar-refractivity contribution in [2.45, 2.75) is 26.2 Å². The molecule has 22 heteroatoms. The van der Waals surface area contributed by atoms with Crippen LogP contribution in [-0.2, 0) is 45.2 Å². The lowest BCUT2D eigenvalue weighted by Gasteiger charge is -2.06. The number of hydrogen-bond donors (Lipinski definition) is 7. The molecular weight excluding hydrogens is 1000 g/mol. The third-order valence-electron chi connectivity index (χ3n) is 9.60. The van der Waals surface area contributed by atoms with Crippen LogP contribution in [0.1, 0.15) is 41.6 Å². The van der Waals surface area contributed by atoms with Crippen LogP contribution in [0.15, 0.2) is 146 Å². The lowest BCUT2D eigenvalue weighted by molar-refractivity contribution is -0.134. The molecule has 398 valence electrons. The molecule has 3 amide bonds. The molecule has 0 aliphatic rings. The second kappa shape index (κ2) is 34.5. The number of nitrogens with zero attached hydrogens (tertiary/aromatic N) is 2. The van der Waals surface area contributed by atoms with E-state index in [0.717, 1.165) is 45.3 Å². The third-order valence-corrected chi connectivity index (χ3v) is 11.5. The molecule has 7 aromatic rings. The molecule has 10 N–H and O–H groups in total. The van der Waals surface area contributed by atoms with Crippen molar-refractivity contribution in [3.63, 3.8) is 0 Å². The number of carbonyl (C=O) groups excluding carboxylic acids is 4. The molecule has 0 aliphatic heterocycles. The topological polar surface area (TPSA) is 285 Å². The molecule has 5 aromatic carbocycles. The number of para-hydroxylation sites is 2. The summed E-state index contributed by atoms with van der Waals surface area (Å²) in [5, 5.41) is 13.0. The zero-order valence-electron chi connectivity index (χ0n) is 42.6. The van der Waals surface area contributed by atoms with Gasteiger partial charge in [0, 0.05) is 26.2 Å². The number of urea groups is 1. The molecule has 2 aromatic heterocycles. The number of aromatic nitrogens is 2. The maximum absolute atomic E-state index is 12.3. The van der Waals surface area contributed by atoms with Gasteiger partial charge in [0.05, 0.1) is 85.9 Å². The Morgan fingerprint density at radius 1 is 0.560 bits per heavy atom. The van der Waals surface area contributed by atoms with E-state index in [1.54, 1.807) is 46.8 Å². The van der Waals surface area contributed by atoms with Crippen molar-refractivity contribution < 1.29 is 52.3 Å². The van der Waals surface area contributed by atoms with Crippen LogP contribution in [0, 0.1) is 0 Å². The first-order chi connectivity index (χ1) is 36.3. The lowest BCUT2D eigenvalue weighted by Crippen LogP contribution is -2.28. The number of esters is 2. The van der Waals surface area contributed by atoms with Gasteiger partial charge in [-0.2, -0.15) is 0 Å². The largest absolute Gasteiger partial charge is 0.504 e. The van der Waals surface area contributed by atoms with E-state index in [2.05, 4.69) is 45.4 Å². The second-order valence-corrected chi connectivity index (χ2v) is 16.7. The molecular formula is C53H63N9O11S2. The summed E-state index contributed by atoms with van der Waals surface area (Å²) in [7, 11) is 10.7. The standard InChI is InChI=1S/C18H18N4O2S.C13H14N2O3S.C9H12N2O2.C8H11NO.C5H8O3/c1-24-13-8-6-12(7-9-13)10-20-18-21-11-16(25-18)17(23)22-15-5-3-2-4-14(15)19;1-17-10-5-3-9(4-6-10)7-14-13-15-8-11(19-13)12(16)18-2;1-13-8-4-2-7(3-5-8)6-11-9(10)12;1-10-8-4-2-7(6-9)3-5-8;1-7-4-3-5(6)8-2/h2-9,11H,10,19H2,1H3,(H,20,21)(H,22,23);3-6,8H,7H2,1-2H3,(H,14,15);2-5H,6H2,1H3,(H3,10,11,12);2-5H,6,9H2,1H3;3-4H,1-2H3/b;;;;4-3+. The van der Waals surface area contributed by atoms with Crippen molar-refractivity contribution in [1.29, 1.82) is 0 Å². The van der Waals surface area contributed by atoms with Crippen molar-refractivity contribution in [3.05, 3.63) is 178 Å². The predicted octanol–water partition coefficient (Wildman–Crippen LogP) is 8.49. The maximum atomic E-state index is 12.3. The van der Waals surface area contributed by atoms with E-state index in [4.69, 9.17) is 36.1 Å². The van der Waals surface area contributed by atoms with E-state index >= 15 is 0 Å². The molecule has 20 nitrogen and oxygen atoms in total. The minimum absolute atomic E-state index is 0.229. The average molecular weight is 1070 g/mol. The number of rotatable bonds is 18. The minimum Gasteiger partial charge on any atom is -0.504 e. The van der Waals surface area contributed by atoms with Gasteiger partial charge < -0.3 is 71.6 Å². The van der Waals surface area contributed by atoms with Gasteiger partial charge in [-0.3, -0.25) is 4.79 Å². The Morgan fingerprint density at radius 3 is 1.39 bits per heavy atom. The van der Waals surface area contributed by atoms with Gasteiger partial charge in [0.25, 0.3) is 5.91 Å². The molecule has 0 fully saturated rings. The number of thiazole rings is 2. The van der Waals surface area contributed by atoms with Crippen molar-refractivity contribution in [3.8, 4) is 23.0 Å². The summed E-state index contributed by atoms with van der Waals surface area (Å²) in [6.45, 7) is 2.28. The molecule has 7 rings (SSSR count). The second-order valence-electron chi connectivity index (χ2n) is 14.7. The Hall–Kier alpha value is -8.86. The number of hydrogen-bond acceptors (Lipinski definition) is 19. The molecule has 0 bridgehead atoms. The van der Waals surface area contributed by atoms with Crippen LogP contribution in [0.3, 0.4) is 0 Å². The Balaban J connectivity index is 0.000000263. The maximum Gasteiger partial charge on any atom is 0.349 e. The average Bonchev–Trinajstić information content (AvgIpc) is 4.15. The number of nitrogen functional groups attached to an aromatic ring is 1. The normalized spacial score (nSPS) is 9.81. The van der Waals surface area contributed by atoms with Crippen LogP contribution in [0.25, 0.3) is 0 Å². The SMILES string of the molecule is CO/C=C/C(=O)OC.COC(=O)c1cnc(NCc2ccc(OC)cc2)s1.COc1ccc(CN)cc1.COc1ccc(CNC(N)=O)cc1.COc1ccc(CNc2ncc(C(=O)Nc3ccccc3N)s2)cc1. The van der Waals surface area contributed by atoms with Crippen molar-refractivity contribution in [2.75, 3.05) is 71.5 Å². The fourth-order valence-electron chi connectivity index (χ4n) is 5.53. The highest BCUT2D eigenvalue weighted by molar-refractivity contribution is 7.17. The zero-order valence-corrected chi connectivity index (χ0v) is 44.3. The van der Waals surface area contributed by atoms with Gasteiger partial charge in [-0.05, 0) is 82.9 Å². The molecule has 2 heterocycles. The zero-order chi connectivity index (χ0) is 54.8. The van der Waals surface area contributed by atoms with Crippen LogP contribution in [0.4, 0.5) is 26.4 Å². The van der Waals surface area contributed by atoms with Gasteiger partial charge in [-0.1, -0.05) is 83.3 Å². The van der Waals surface area contributed by atoms with Crippen LogP contribution in [0.5, 0.6) is 23.0 Å². The third kappa shape index (κ3) is 23.5. The number of nitrogens with one attached hydrogen (secondary N) is 4. The smallest absolute Gasteiger partial charge is 0.349 e. The first-order valence-corrected chi connectivity index (χ1v) is 24.1. The highest BCUT2D eigenvalue weighted by atomic mass is 32.1. The number of methoxy groups -OCH3 is 7. The highest BCUT2D eigenvalue weighted by Crippen LogP contribution is 2.24. The van der Waals surface area contributed by atoms with Crippen molar-refractivity contribution >= 4 is 68.2 Å². The lowest BCUT2D eigenvalue weighted by atomic mass is 10.2. The number of primary amides is 1. The first kappa shape index (κ1) is 60.4. The molecule has 0 saturated carbocycles. The number of anilines is 4. The first-order valence-electron chi connectivity index (χ1n) is 22.4. The van der Waals surface area contributed by atoms with E-state index in [1.807, 2.05) is 109 Å². The van der Waals surface area contributed by atoms with Gasteiger partial charge in [0.2, 0.25) is 0 Å². The van der Waals surface area contributed by atoms with Gasteiger partial charge in [0.1, 0.15) is 32.8 Å². The molecule has 0 unspecified atom stereocenters. The number of amides is 3. The monoisotopic (exact) mass is 1070 g/mol. The molecule has 0 aliphatic carbocycles. The van der Waals surface area contributed by atoms with Crippen LogP contribution < -0.4 is 57.4 Å². The fourth-order valence-corrected chi connectivity index (χ4v) is 6.97. The number of nitrogens with two attached hydrogens (primary N) is 3. The summed E-state index contributed by atoms with van der Waals surface area (Å²) in [6.07, 6.45) is 5.51. The molecule has 0 saturated heterocycles. The predicted molar refractivity (Wildman–Crippen MR) is 293 cm³/mol. The summed E-state index contributed by atoms with van der Waals surface area (Å²) in [4.78, 5) is 53.5. The number of carbonyl (C=O) groups is 4. The van der Waals surface area contributed by atoms with E-state index in [-0.39, 0.29) is 11.9 Å². The number of ether oxygens (including phenoxy) is 7. The van der Waals surface area contributed by atoms with E-state index < -0.39 is 12.0 Å². The Kier molecular flexibility index (Phi) is 27.8. The van der Waals surface area contributed by atoms with E-state index in [9.17, 15) is 19.2 Å². The quantitative estimate of drug-likeness (QED) is 0.0183. The van der Waals surface area contributed by atoms with Crippen LogP contribution in [-0.4, -0.2) is 83.6 Å². The molecule has 0 spiro atoms. The van der Waals surface area contributed by atoms with Gasteiger partial charge in [0.15, 0.2) is 10.3 Å². The molecule has 0 radical (unpaired) electrons. The molecule has 75 heavy (non-hydrogen) atoms. The van der Waals surface area contributed by atoms with Gasteiger partial charge in [-0.25, -0.2) is 24.4 Å². The van der Waals surface area contributed by atoms with E-state index in [0.29, 0.717) is 57.6 Å². The summed E-state index contributed by atoms with van der Waals surface area (Å²) in [6, 6.07) is 37.3. The fraction of sp³-hybridized carbons (Fsp3) is 0.208. The summed E-state index contributed by atoms with van der Waals surface area (Å²) >= 11 is 2.56. The van der Waals surface area contributed by atoms with Crippen LogP contribution in [0.2, 0.25) is 0 Å². The Bertz CT molecular complexity index is 2770. The number of benzene rings is 5. The van der Waals surface area contributed by atoms with Crippen molar-refractivity contribution in [1.82, 2.24) is 15.3 Å². The minimum atomic E-state index is -0.518. The molecule has 0 atom stereocenters. The van der Waals surface area contributed by atoms with Crippen LogP contribution >= 0.6 is 22.7 Å². The summed E-state index contributed by atoms with van der Waals surface area (Å²) in [5.74, 6) is 2.30. The van der Waals surface area contributed by atoms with Crippen molar-refractivity contribution in [2.24, 2.45) is 11.5 Å². The van der Waals surface area contributed by atoms with Gasteiger partial charge in [-0.15, -0.1) is 0 Å². The Morgan fingerprint density at radius 2 is 0.987 bits per heavy atom. The highest BCUT2D eigenvalue weighted by Gasteiger charge is 2.13.